The van der Waals surface area contributed by atoms with E-state index in [-0.39, 0.29) is 34.9 Å². The Hall–Kier alpha value is -2.40. The normalized spacial score (nSPS) is 22.9. The highest BCUT2D eigenvalue weighted by molar-refractivity contribution is 7.91. The second-order valence-electron chi connectivity index (χ2n) is 9.84. The van der Waals surface area contributed by atoms with Crippen LogP contribution in [0.25, 0.3) is 11.3 Å². The summed E-state index contributed by atoms with van der Waals surface area (Å²) >= 11 is 6.66. The summed E-state index contributed by atoms with van der Waals surface area (Å²) < 4.78 is 62.5. The van der Waals surface area contributed by atoms with Crippen molar-refractivity contribution in [3.05, 3.63) is 28.9 Å². The van der Waals surface area contributed by atoms with Crippen molar-refractivity contribution in [1.82, 2.24) is 15.1 Å². The number of nitrogens with one attached hydrogen (secondary N) is 1. The molecule has 1 aromatic heterocycles. The Morgan fingerprint density at radius 3 is 2.51 bits per heavy atom. The lowest BCUT2D eigenvalue weighted by molar-refractivity contribution is 0.0855. The summed E-state index contributed by atoms with van der Waals surface area (Å²) in [5.41, 5.74) is 1.17. The Kier molecular flexibility index (Phi) is 8.04. The van der Waals surface area contributed by atoms with Crippen LogP contribution in [0.15, 0.2) is 18.2 Å². The number of hydrogen-bond donors (Lipinski definition) is 1. The topological polar surface area (TPSA) is 99.5 Å². The maximum atomic E-state index is 13.2. The lowest BCUT2D eigenvalue weighted by Gasteiger charge is -2.27. The molecule has 1 atom stereocenters. The third kappa shape index (κ3) is 6.19. The van der Waals surface area contributed by atoms with Gasteiger partial charge in [-0.3, -0.25) is 9.48 Å². The average Bonchev–Trinajstić information content (AvgIpc) is 3.34. The maximum Gasteiger partial charge on any atom is 0.273 e. The molecular weight excluding hydrogens is 528 g/mol. The van der Waals surface area contributed by atoms with E-state index in [2.05, 4.69) is 10.4 Å². The summed E-state index contributed by atoms with van der Waals surface area (Å²) in [7, 11) is -1.57. The van der Waals surface area contributed by atoms with Crippen molar-refractivity contribution in [1.29, 1.82) is 0 Å². The van der Waals surface area contributed by atoms with Crippen molar-refractivity contribution in [3.8, 4) is 22.8 Å². The molecular formula is C25H32ClF2N3O5S. The minimum Gasteiger partial charge on any atom is -0.496 e. The number of aryl methyl sites for hydroxylation is 1. The molecule has 0 spiro atoms. The zero-order valence-electron chi connectivity index (χ0n) is 21.1. The molecule has 2 saturated carbocycles. The molecule has 1 amide bonds. The second kappa shape index (κ2) is 10.8. The molecule has 0 aliphatic heterocycles. The fraction of sp³-hybridized carbons (Fsp3) is 0.600. The molecule has 12 heteroatoms. The third-order valence-corrected chi connectivity index (χ3v) is 9.24. The molecule has 2 fully saturated rings. The van der Waals surface area contributed by atoms with Crippen LogP contribution >= 0.6 is 11.6 Å². The predicted molar refractivity (Wildman–Crippen MR) is 136 cm³/mol. The molecule has 204 valence electrons. The first-order chi connectivity index (χ1) is 17.4. The Balaban J connectivity index is 1.46. The van der Waals surface area contributed by atoms with E-state index in [0.717, 1.165) is 12.8 Å². The summed E-state index contributed by atoms with van der Waals surface area (Å²) in [6.45, 7) is 2.64. The van der Waals surface area contributed by atoms with Crippen molar-refractivity contribution >= 4 is 27.3 Å². The van der Waals surface area contributed by atoms with Gasteiger partial charge in [0.05, 0.1) is 35.6 Å². The number of carbonyl (C=O) groups excluding carboxylic acids is 1. The first-order valence-corrected chi connectivity index (χ1v) is 14.7. The van der Waals surface area contributed by atoms with E-state index in [4.69, 9.17) is 21.1 Å². The van der Waals surface area contributed by atoms with Crippen LogP contribution in [-0.4, -0.2) is 61.8 Å². The lowest BCUT2D eigenvalue weighted by atomic mass is 9.89. The van der Waals surface area contributed by atoms with Crippen molar-refractivity contribution in [2.75, 3.05) is 26.5 Å². The highest BCUT2D eigenvalue weighted by Gasteiger charge is 2.57. The number of methoxy groups -OCH3 is 1. The number of alkyl halides is 2. The van der Waals surface area contributed by atoms with Crippen LogP contribution in [0, 0.1) is 11.8 Å². The van der Waals surface area contributed by atoms with Gasteiger partial charge >= 0.3 is 0 Å². The fourth-order valence-electron chi connectivity index (χ4n) is 4.76. The van der Waals surface area contributed by atoms with Crippen molar-refractivity contribution in [2.24, 2.45) is 11.8 Å². The number of amides is 1. The summed E-state index contributed by atoms with van der Waals surface area (Å²) in [5, 5.41) is 7.18. The monoisotopic (exact) mass is 559 g/mol. The number of carbonyl (C=O) groups is 1. The Morgan fingerprint density at radius 1 is 1.27 bits per heavy atom. The largest absolute Gasteiger partial charge is 0.496 e. The van der Waals surface area contributed by atoms with Crippen molar-refractivity contribution in [2.45, 2.75) is 56.7 Å². The quantitative estimate of drug-likeness (QED) is 0.457. The van der Waals surface area contributed by atoms with E-state index in [0.29, 0.717) is 48.7 Å². The van der Waals surface area contributed by atoms with Crippen molar-refractivity contribution < 1.29 is 31.5 Å². The van der Waals surface area contributed by atoms with E-state index in [1.807, 2.05) is 6.92 Å². The van der Waals surface area contributed by atoms with Crippen LogP contribution in [0.2, 0.25) is 5.02 Å². The summed E-state index contributed by atoms with van der Waals surface area (Å²) in [4.78, 5) is 13.0. The van der Waals surface area contributed by atoms with E-state index in [1.54, 1.807) is 22.9 Å². The highest BCUT2D eigenvalue weighted by Crippen LogP contribution is 2.48. The van der Waals surface area contributed by atoms with Crippen LogP contribution in [0.3, 0.4) is 0 Å². The first-order valence-electron chi connectivity index (χ1n) is 12.4. The molecule has 2 aromatic rings. The molecule has 1 heterocycles. The summed E-state index contributed by atoms with van der Waals surface area (Å²) in [6.07, 6.45) is 3.75. The Labute approximate surface area is 220 Å². The Bertz CT molecular complexity index is 1260. The van der Waals surface area contributed by atoms with E-state index >= 15 is 0 Å². The molecule has 1 N–H and O–H groups in total. The standard InChI is InChI=1S/C25H32ClF2N3O5S/c1-4-31-23(19-10-7-17(11-20(19)35-2)36-14-16-12-25(16,27)28)21(26)22(30-31)24(32)29-13-15-5-8-18(9-6-15)37(3,33)34/h7,10-11,15-16,18H,4-6,8-9,12-14H2,1-3H3,(H,29,32)/t15?,16-,18?/m0/s1. The predicted octanol–water partition coefficient (Wildman–Crippen LogP) is 4.60. The highest BCUT2D eigenvalue weighted by atomic mass is 35.5. The van der Waals surface area contributed by atoms with Gasteiger partial charge in [-0.25, -0.2) is 17.2 Å². The van der Waals surface area contributed by atoms with Gasteiger partial charge < -0.3 is 14.8 Å². The van der Waals surface area contributed by atoms with Crippen LogP contribution in [0.4, 0.5) is 8.78 Å². The molecule has 4 rings (SSSR count). The number of aromatic nitrogens is 2. The average molecular weight is 560 g/mol. The molecule has 0 unspecified atom stereocenters. The number of rotatable bonds is 10. The minimum atomic E-state index is -3.04. The molecule has 2 aliphatic carbocycles. The van der Waals surface area contributed by atoms with Crippen LogP contribution < -0.4 is 14.8 Å². The maximum absolute atomic E-state index is 13.2. The first kappa shape index (κ1) is 27.6. The van der Waals surface area contributed by atoms with Crippen LogP contribution in [0.1, 0.15) is 49.5 Å². The molecule has 8 nitrogen and oxygen atoms in total. The fourth-order valence-corrected chi connectivity index (χ4v) is 6.21. The molecule has 0 saturated heterocycles. The number of benzene rings is 1. The van der Waals surface area contributed by atoms with Gasteiger partial charge in [0.2, 0.25) is 0 Å². The molecule has 0 radical (unpaired) electrons. The number of sulfone groups is 1. The Morgan fingerprint density at radius 2 is 1.95 bits per heavy atom. The summed E-state index contributed by atoms with van der Waals surface area (Å²) in [6, 6.07) is 4.95. The lowest BCUT2D eigenvalue weighted by Crippen LogP contribution is -2.34. The summed E-state index contributed by atoms with van der Waals surface area (Å²) in [5.74, 6) is -2.84. The third-order valence-electron chi connectivity index (χ3n) is 7.19. The van der Waals surface area contributed by atoms with Gasteiger partial charge in [0.25, 0.3) is 11.8 Å². The van der Waals surface area contributed by atoms with Gasteiger partial charge in [-0.1, -0.05) is 11.6 Å². The van der Waals surface area contributed by atoms with Gasteiger partial charge in [-0.2, -0.15) is 5.10 Å². The van der Waals surface area contributed by atoms with Crippen LogP contribution in [0.5, 0.6) is 11.5 Å². The SMILES string of the molecule is CCn1nc(C(=O)NCC2CCC(S(C)(=O)=O)CC2)c(Cl)c1-c1ccc(OC[C@@H]2CC2(F)F)cc1OC. The van der Waals surface area contributed by atoms with Gasteiger partial charge in [-0.05, 0) is 50.7 Å². The van der Waals surface area contributed by atoms with Gasteiger partial charge in [0, 0.05) is 37.4 Å². The molecule has 0 bridgehead atoms. The molecule has 2 aliphatic rings. The van der Waals surface area contributed by atoms with Crippen molar-refractivity contribution in [3.63, 3.8) is 0 Å². The van der Waals surface area contributed by atoms with E-state index in [9.17, 15) is 22.0 Å². The zero-order chi connectivity index (χ0) is 27.0. The van der Waals surface area contributed by atoms with E-state index in [1.165, 1.54) is 13.4 Å². The van der Waals surface area contributed by atoms with Gasteiger partial charge in [0.15, 0.2) is 5.69 Å². The zero-order valence-corrected chi connectivity index (χ0v) is 22.7. The van der Waals surface area contributed by atoms with Gasteiger partial charge in [0.1, 0.15) is 21.3 Å². The number of ether oxygens (including phenoxy) is 2. The minimum absolute atomic E-state index is 0.0800. The van der Waals surface area contributed by atoms with E-state index < -0.39 is 27.6 Å². The molecule has 1 aromatic carbocycles. The van der Waals surface area contributed by atoms with Crippen LogP contribution in [-0.2, 0) is 16.4 Å². The second-order valence-corrected chi connectivity index (χ2v) is 12.5. The number of nitrogens with zero attached hydrogens (tertiary/aromatic N) is 2. The number of hydrogen-bond acceptors (Lipinski definition) is 6. The molecule has 37 heavy (non-hydrogen) atoms. The number of halogens is 3. The van der Waals surface area contributed by atoms with Gasteiger partial charge in [-0.15, -0.1) is 0 Å². The smallest absolute Gasteiger partial charge is 0.273 e.